The summed E-state index contributed by atoms with van der Waals surface area (Å²) in [6.07, 6.45) is 4.75. The Morgan fingerprint density at radius 3 is 1.44 bits per heavy atom. The summed E-state index contributed by atoms with van der Waals surface area (Å²) >= 11 is 0. The SMILES string of the molecule is Cc1cc2c3c(c1)N(c1cc4c(cc1C)C(C)(C)CCC4(C)C)c1cc(-c4ccccc4)ccc1B3N(c1cc3c(cc1C)C(C)(C)CCC3(C)C)c1ccc(-c3ccccc3)cc1-2. The number of aryl methyl sites for hydroxylation is 3. The van der Waals surface area contributed by atoms with Gasteiger partial charge in [0.2, 0.25) is 0 Å². The number of anilines is 5. The van der Waals surface area contributed by atoms with Crippen LogP contribution in [-0.4, -0.2) is 6.85 Å². The van der Waals surface area contributed by atoms with Crippen molar-refractivity contribution in [3.8, 4) is 33.4 Å². The van der Waals surface area contributed by atoms with Crippen LogP contribution in [0.2, 0.25) is 0 Å². The van der Waals surface area contributed by atoms with Gasteiger partial charge < -0.3 is 9.71 Å². The molecule has 7 aromatic rings. The van der Waals surface area contributed by atoms with E-state index >= 15 is 0 Å². The quantitative estimate of drug-likeness (QED) is 0.163. The molecule has 0 aromatic heterocycles. The predicted molar refractivity (Wildman–Crippen MR) is 276 cm³/mol. The van der Waals surface area contributed by atoms with Crippen molar-refractivity contribution in [3.63, 3.8) is 0 Å². The molecular weight excluding hydrogens is 771 g/mol. The molecule has 0 N–H and O–H groups in total. The fraction of sp³-hybridized carbons (Fsp3) is 0.311. The molecule has 320 valence electrons. The van der Waals surface area contributed by atoms with Crippen LogP contribution in [0.1, 0.15) is 120 Å². The molecular formula is C61H63BN2. The number of nitrogens with zero attached hydrogens (tertiary/aromatic N) is 2. The third-order valence-corrected chi connectivity index (χ3v) is 16.2. The molecule has 4 aliphatic rings. The number of hydrogen-bond acceptors (Lipinski definition) is 2. The van der Waals surface area contributed by atoms with Crippen LogP contribution in [0.15, 0.2) is 133 Å². The number of hydrogen-bond donors (Lipinski definition) is 0. The zero-order valence-corrected chi connectivity index (χ0v) is 40.0. The lowest BCUT2D eigenvalue weighted by Crippen LogP contribution is -2.61. The maximum atomic E-state index is 2.75. The zero-order chi connectivity index (χ0) is 44.7. The molecule has 0 atom stereocenters. The molecule has 0 unspecified atom stereocenters. The van der Waals surface area contributed by atoms with Crippen LogP contribution in [0, 0.1) is 20.8 Å². The highest BCUT2D eigenvalue weighted by atomic mass is 15.2. The maximum absolute atomic E-state index is 2.75. The highest BCUT2D eigenvalue weighted by Crippen LogP contribution is 2.54. The minimum Gasteiger partial charge on any atom is -0.376 e. The second kappa shape index (κ2) is 14.1. The monoisotopic (exact) mass is 835 g/mol. The van der Waals surface area contributed by atoms with Crippen LogP contribution in [0.25, 0.3) is 33.4 Å². The molecule has 0 amide bonds. The van der Waals surface area contributed by atoms with Gasteiger partial charge in [-0.1, -0.05) is 152 Å². The Balaban J connectivity index is 1.25. The van der Waals surface area contributed by atoms with Crippen LogP contribution in [-0.2, 0) is 21.7 Å². The lowest BCUT2D eigenvalue weighted by molar-refractivity contribution is 0.332. The molecule has 11 rings (SSSR count). The molecule has 2 aliphatic heterocycles. The molecule has 0 saturated heterocycles. The first-order valence-electron chi connectivity index (χ1n) is 23.9. The summed E-state index contributed by atoms with van der Waals surface area (Å²) in [5.41, 5.74) is 27.0. The molecule has 2 aliphatic carbocycles. The second-order valence-electron chi connectivity index (χ2n) is 22.5. The van der Waals surface area contributed by atoms with Gasteiger partial charge in [0.05, 0.1) is 0 Å². The molecule has 2 heterocycles. The summed E-state index contributed by atoms with van der Waals surface area (Å²) in [4.78, 5) is 5.43. The van der Waals surface area contributed by atoms with E-state index in [2.05, 4.69) is 219 Å². The van der Waals surface area contributed by atoms with Gasteiger partial charge in [-0.25, -0.2) is 0 Å². The third-order valence-electron chi connectivity index (χ3n) is 16.2. The Morgan fingerprint density at radius 2 is 0.875 bits per heavy atom. The van der Waals surface area contributed by atoms with E-state index < -0.39 is 0 Å². The van der Waals surface area contributed by atoms with E-state index in [0.717, 1.165) is 0 Å². The van der Waals surface area contributed by atoms with Crippen molar-refractivity contribution in [2.75, 3.05) is 9.71 Å². The van der Waals surface area contributed by atoms with Crippen LogP contribution in [0.5, 0.6) is 0 Å². The van der Waals surface area contributed by atoms with E-state index in [4.69, 9.17) is 0 Å². The summed E-state index contributed by atoms with van der Waals surface area (Å²) in [6, 6.07) is 51.8. The van der Waals surface area contributed by atoms with Gasteiger partial charge in [0.25, 0.3) is 0 Å². The Labute approximate surface area is 383 Å². The number of fused-ring (bicyclic) bond motifs is 6. The Bertz CT molecular complexity index is 3040. The number of rotatable bonds is 4. The fourth-order valence-corrected chi connectivity index (χ4v) is 12.2. The maximum Gasteiger partial charge on any atom is 0.333 e. The van der Waals surface area contributed by atoms with E-state index in [1.165, 1.54) is 137 Å². The third kappa shape index (κ3) is 6.20. The van der Waals surface area contributed by atoms with E-state index in [0.29, 0.717) is 0 Å². The topological polar surface area (TPSA) is 6.48 Å². The van der Waals surface area contributed by atoms with Crippen LogP contribution >= 0.6 is 0 Å². The van der Waals surface area contributed by atoms with Gasteiger partial charge in [0.15, 0.2) is 0 Å². The van der Waals surface area contributed by atoms with Gasteiger partial charge in [-0.05, 0) is 182 Å². The average molecular weight is 835 g/mol. The Kier molecular flexibility index (Phi) is 9.02. The number of benzene rings is 7. The van der Waals surface area contributed by atoms with Gasteiger partial charge >= 0.3 is 6.85 Å². The molecule has 3 heteroatoms. The molecule has 0 radical (unpaired) electrons. The van der Waals surface area contributed by atoms with E-state index in [1.807, 2.05) is 0 Å². The zero-order valence-electron chi connectivity index (χ0n) is 40.0. The van der Waals surface area contributed by atoms with Crippen molar-refractivity contribution in [1.29, 1.82) is 0 Å². The molecule has 0 bridgehead atoms. The van der Waals surface area contributed by atoms with Crippen molar-refractivity contribution < 1.29 is 0 Å². The molecule has 0 saturated carbocycles. The first-order chi connectivity index (χ1) is 30.4. The van der Waals surface area contributed by atoms with Gasteiger partial charge in [0, 0.05) is 34.0 Å². The van der Waals surface area contributed by atoms with Crippen LogP contribution in [0.4, 0.5) is 28.4 Å². The van der Waals surface area contributed by atoms with Crippen LogP contribution < -0.4 is 20.6 Å². The molecule has 64 heavy (non-hydrogen) atoms. The molecule has 7 aromatic carbocycles. The van der Waals surface area contributed by atoms with E-state index in [-0.39, 0.29) is 28.5 Å². The minimum absolute atomic E-state index is 0.0541. The van der Waals surface area contributed by atoms with Crippen molar-refractivity contribution in [2.45, 2.75) is 124 Å². The summed E-state index contributed by atoms with van der Waals surface area (Å²) in [6.45, 7) is 26.6. The van der Waals surface area contributed by atoms with Gasteiger partial charge in [-0.15, -0.1) is 0 Å². The second-order valence-corrected chi connectivity index (χ2v) is 22.5. The van der Waals surface area contributed by atoms with Gasteiger partial charge in [-0.2, -0.15) is 0 Å². The normalized spacial score (nSPS) is 18.1. The standard InChI is InChI=1S/C61H63BN2/c1-38-30-46-45-34-43(41-18-14-12-15-19-41)23-25-52(45)64(54-37-50-48(33-40(54)3)59(6,7)27-29-61(50,10)11)62-51-24-22-44(42-20-16-13-17-21-42)35-55(51)63(56(31-38)57(46)62)53-36-49-47(32-39(53)2)58(4,5)26-28-60(49,8)9/h12-25,30-37H,26-29H2,1-11H3. The largest absolute Gasteiger partial charge is 0.376 e. The summed E-state index contributed by atoms with van der Waals surface area (Å²) in [5.74, 6) is 0. The van der Waals surface area contributed by atoms with Gasteiger partial charge in [0.1, 0.15) is 0 Å². The van der Waals surface area contributed by atoms with E-state index in [1.54, 1.807) is 0 Å². The predicted octanol–water partition coefficient (Wildman–Crippen LogP) is 15.4. The lowest BCUT2D eigenvalue weighted by Gasteiger charge is -2.48. The Hall–Kier alpha value is -5.80. The van der Waals surface area contributed by atoms with Crippen LogP contribution in [0.3, 0.4) is 0 Å². The summed E-state index contributed by atoms with van der Waals surface area (Å²) < 4.78 is 0. The van der Waals surface area contributed by atoms with Crippen molar-refractivity contribution in [1.82, 2.24) is 0 Å². The first kappa shape index (κ1) is 40.9. The van der Waals surface area contributed by atoms with Crippen molar-refractivity contribution in [3.05, 3.63) is 172 Å². The highest BCUT2D eigenvalue weighted by molar-refractivity contribution is 6.93. The highest BCUT2D eigenvalue weighted by Gasteiger charge is 2.47. The molecule has 2 nitrogen and oxygen atoms in total. The van der Waals surface area contributed by atoms with Crippen molar-refractivity contribution >= 4 is 46.2 Å². The van der Waals surface area contributed by atoms with Gasteiger partial charge in [-0.3, -0.25) is 0 Å². The summed E-state index contributed by atoms with van der Waals surface area (Å²) in [5, 5.41) is 0. The molecule has 0 spiro atoms. The van der Waals surface area contributed by atoms with Crippen molar-refractivity contribution in [2.24, 2.45) is 0 Å². The minimum atomic E-state index is -0.0541. The van der Waals surface area contributed by atoms with E-state index in [9.17, 15) is 0 Å². The first-order valence-corrected chi connectivity index (χ1v) is 23.9. The average Bonchev–Trinajstić information content (AvgIpc) is 3.27. The lowest BCUT2D eigenvalue weighted by atomic mass is 9.43. The fourth-order valence-electron chi connectivity index (χ4n) is 12.2. The molecule has 0 fully saturated rings. The smallest absolute Gasteiger partial charge is 0.333 e. The Morgan fingerprint density at radius 1 is 0.391 bits per heavy atom. The summed E-state index contributed by atoms with van der Waals surface area (Å²) in [7, 11) is 0.